The smallest absolute Gasteiger partial charge is 0.333 e. The predicted octanol–water partition coefficient (Wildman–Crippen LogP) is 3.97. The van der Waals surface area contributed by atoms with E-state index in [1.165, 1.54) is 12.8 Å². The van der Waals surface area contributed by atoms with Crippen molar-refractivity contribution in [3.63, 3.8) is 0 Å². The van der Waals surface area contributed by atoms with Gasteiger partial charge >= 0.3 is 11.9 Å². The molecule has 0 aliphatic heterocycles. The maximum atomic E-state index is 11.3. The van der Waals surface area contributed by atoms with E-state index in [0.717, 1.165) is 18.9 Å². The molecule has 4 nitrogen and oxygen atoms in total. The fraction of sp³-hybridized carbons (Fsp3) is 0.625. The van der Waals surface area contributed by atoms with E-state index in [4.69, 9.17) is 9.84 Å². The monoisotopic (exact) mass is 284 g/mol. The van der Waals surface area contributed by atoms with E-state index in [-0.39, 0.29) is 5.97 Å². The second-order valence-corrected chi connectivity index (χ2v) is 4.51. The van der Waals surface area contributed by atoms with Crippen molar-refractivity contribution in [3.05, 3.63) is 24.8 Å². The van der Waals surface area contributed by atoms with E-state index < -0.39 is 5.97 Å². The number of ether oxygens (including phenoxy) is 1. The van der Waals surface area contributed by atoms with Crippen LogP contribution in [-0.2, 0) is 14.3 Å². The van der Waals surface area contributed by atoms with Crippen LogP contribution in [0.25, 0.3) is 0 Å². The van der Waals surface area contributed by atoms with Gasteiger partial charge in [0.2, 0.25) is 0 Å². The molecule has 0 fully saturated rings. The number of carbonyl (C=O) groups excluding carboxylic acids is 1. The molecule has 0 aliphatic rings. The van der Waals surface area contributed by atoms with Gasteiger partial charge < -0.3 is 9.84 Å². The Morgan fingerprint density at radius 2 is 1.85 bits per heavy atom. The van der Waals surface area contributed by atoms with Gasteiger partial charge in [-0.05, 0) is 18.8 Å². The van der Waals surface area contributed by atoms with E-state index in [1.54, 1.807) is 0 Å². The van der Waals surface area contributed by atoms with Crippen molar-refractivity contribution in [2.45, 2.75) is 52.9 Å². The van der Waals surface area contributed by atoms with Gasteiger partial charge in [0, 0.05) is 11.6 Å². The summed E-state index contributed by atoms with van der Waals surface area (Å²) in [5, 5.41) is 7.60. The molecule has 0 amide bonds. The van der Waals surface area contributed by atoms with Gasteiger partial charge in [-0.25, -0.2) is 9.59 Å². The molecule has 1 unspecified atom stereocenters. The SMILES string of the molecule is C=C(CC)C(=O)OCC(CC)CCCC.C=CC(=O)O. The summed E-state index contributed by atoms with van der Waals surface area (Å²) in [5.74, 6) is -0.698. The summed E-state index contributed by atoms with van der Waals surface area (Å²) in [7, 11) is 0. The van der Waals surface area contributed by atoms with Crippen LogP contribution in [0.1, 0.15) is 52.9 Å². The van der Waals surface area contributed by atoms with Crippen molar-refractivity contribution in [2.75, 3.05) is 6.61 Å². The molecule has 0 aromatic rings. The summed E-state index contributed by atoms with van der Waals surface area (Å²) in [5.41, 5.74) is 0.570. The molecule has 0 rings (SSSR count). The van der Waals surface area contributed by atoms with Crippen LogP contribution in [0.15, 0.2) is 24.8 Å². The van der Waals surface area contributed by atoms with Crippen molar-refractivity contribution in [1.29, 1.82) is 0 Å². The van der Waals surface area contributed by atoms with Crippen LogP contribution >= 0.6 is 0 Å². The van der Waals surface area contributed by atoms with Crippen LogP contribution in [-0.4, -0.2) is 23.7 Å². The second kappa shape index (κ2) is 13.8. The lowest BCUT2D eigenvalue weighted by Gasteiger charge is -2.14. The molecule has 0 saturated heterocycles. The molecular formula is C16H28O4. The first-order valence-electron chi connectivity index (χ1n) is 7.12. The third-order valence-electron chi connectivity index (χ3n) is 2.88. The Kier molecular flexibility index (Phi) is 14.3. The number of rotatable bonds is 9. The van der Waals surface area contributed by atoms with Gasteiger partial charge in [0.05, 0.1) is 6.61 Å². The standard InChI is InChI=1S/C13H24O2.C3H4O2/c1-5-8-9-12(7-3)10-15-13(14)11(4)6-2;1-2-3(4)5/h12H,4-10H2,1-3H3;2H,1H2,(H,4,5). The molecule has 0 bridgehead atoms. The average molecular weight is 284 g/mol. The quantitative estimate of drug-likeness (QED) is 0.514. The van der Waals surface area contributed by atoms with Gasteiger partial charge in [-0.15, -0.1) is 0 Å². The number of hydrogen-bond donors (Lipinski definition) is 1. The fourth-order valence-corrected chi connectivity index (χ4v) is 1.34. The summed E-state index contributed by atoms with van der Waals surface area (Å²) >= 11 is 0. The Morgan fingerprint density at radius 3 is 2.20 bits per heavy atom. The molecule has 20 heavy (non-hydrogen) atoms. The molecule has 0 heterocycles. The van der Waals surface area contributed by atoms with Crippen molar-refractivity contribution >= 4 is 11.9 Å². The average Bonchev–Trinajstić information content (AvgIpc) is 2.46. The van der Waals surface area contributed by atoms with Gasteiger partial charge in [0.15, 0.2) is 0 Å². The zero-order valence-corrected chi connectivity index (χ0v) is 13.0. The summed E-state index contributed by atoms with van der Waals surface area (Å²) in [6.07, 6.45) is 6.15. The Hall–Kier alpha value is -1.58. The minimum Gasteiger partial charge on any atom is -0.478 e. The number of carboxylic acids is 1. The lowest BCUT2D eigenvalue weighted by molar-refractivity contribution is -0.140. The normalized spacial score (nSPS) is 10.8. The van der Waals surface area contributed by atoms with Crippen LogP contribution in [0.4, 0.5) is 0 Å². The zero-order valence-electron chi connectivity index (χ0n) is 13.0. The number of carbonyl (C=O) groups is 2. The molecule has 0 aromatic heterocycles. The highest BCUT2D eigenvalue weighted by molar-refractivity contribution is 5.87. The van der Waals surface area contributed by atoms with Crippen LogP contribution in [0, 0.1) is 5.92 Å². The molecule has 0 radical (unpaired) electrons. The number of carboxylic acid groups (broad SMARTS) is 1. The molecule has 0 aromatic carbocycles. The van der Waals surface area contributed by atoms with Gasteiger partial charge in [-0.3, -0.25) is 0 Å². The number of unbranched alkanes of at least 4 members (excludes halogenated alkanes) is 1. The summed E-state index contributed by atoms with van der Waals surface area (Å²) in [4.78, 5) is 20.6. The first-order chi connectivity index (χ1) is 9.42. The summed E-state index contributed by atoms with van der Waals surface area (Å²) in [6, 6.07) is 0. The molecule has 0 saturated carbocycles. The Labute approximate surface area is 122 Å². The van der Waals surface area contributed by atoms with E-state index in [9.17, 15) is 9.59 Å². The Balaban J connectivity index is 0. The van der Waals surface area contributed by atoms with Gasteiger partial charge in [0.1, 0.15) is 0 Å². The predicted molar refractivity (Wildman–Crippen MR) is 81.5 cm³/mol. The van der Waals surface area contributed by atoms with Crippen molar-refractivity contribution < 1.29 is 19.4 Å². The molecule has 116 valence electrons. The van der Waals surface area contributed by atoms with Crippen LogP contribution < -0.4 is 0 Å². The minimum absolute atomic E-state index is 0.229. The van der Waals surface area contributed by atoms with E-state index >= 15 is 0 Å². The second-order valence-electron chi connectivity index (χ2n) is 4.51. The summed E-state index contributed by atoms with van der Waals surface area (Å²) in [6.45, 7) is 13.4. The lowest BCUT2D eigenvalue weighted by Crippen LogP contribution is -2.14. The van der Waals surface area contributed by atoms with E-state index in [2.05, 4.69) is 27.0 Å². The number of esters is 1. The highest BCUT2D eigenvalue weighted by Crippen LogP contribution is 2.13. The topological polar surface area (TPSA) is 63.6 Å². The number of aliphatic carboxylic acids is 1. The lowest BCUT2D eigenvalue weighted by atomic mass is 10.0. The fourth-order valence-electron chi connectivity index (χ4n) is 1.34. The molecule has 1 N–H and O–H groups in total. The minimum atomic E-state index is -0.981. The highest BCUT2D eigenvalue weighted by atomic mass is 16.5. The van der Waals surface area contributed by atoms with Crippen molar-refractivity contribution in [3.8, 4) is 0 Å². The van der Waals surface area contributed by atoms with Gasteiger partial charge in [0.25, 0.3) is 0 Å². The summed E-state index contributed by atoms with van der Waals surface area (Å²) < 4.78 is 5.21. The van der Waals surface area contributed by atoms with Gasteiger partial charge in [-0.2, -0.15) is 0 Å². The first-order valence-corrected chi connectivity index (χ1v) is 7.12. The molecule has 4 heteroatoms. The van der Waals surface area contributed by atoms with Crippen molar-refractivity contribution in [2.24, 2.45) is 5.92 Å². The molecule has 0 spiro atoms. The van der Waals surface area contributed by atoms with Gasteiger partial charge in [-0.1, -0.05) is 53.2 Å². The van der Waals surface area contributed by atoms with E-state index in [1.807, 2.05) is 6.92 Å². The maximum absolute atomic E-state index is 11.3. The number of hydrogen-bond acceptors (Lipinski definition) is 3. The van der Waals surface area contributed by atoms with Crippen LogP contribution in [0.5, 0.6) is 0 Å². The third kappa shape index (κ3) is 12.9. The van der Waals surface area contributed by atoms with Crippen molar-refractivity contribution in [1.82, 2.24) is 0 Å². The van der Waals surface area contributed by atoms with Crippen LogP contribution in [0.3, 0.4) is 0 Å². The first kappa shape index (κ1) is 20.7. The molecular weight excluding hydrogens is 256 g/mol. The zero-order chi connectivity index (χ0) is 16.0. The Morgan fingerprint density at radius 1 is 1.30 bits per heavy atom. The largest absolute Gasteiger partial charge is 0.478 e. The third-order valence-corrected chi connectivity index (χ3v) is 2.88. The molecule has 1 atom stereocenters. The van der Waals surface area contributed by atoms with Crippen LogP contribution in [0.2, 0.25) is 0 Å². The molecule has 0 aliphatic carbocycles. The Bertz CT molecular complexity index is 308. The van der Waals surface area contributed by atoms with E-state index in [0.29, 0.717) is 24.5 Å². The highest BCUT2D eigenvalue weighted by Gasteiger charge is 2.11. The maximum Gasteiger partial charge on any atom is 0.333 e.